The first-order valence-corrected chi connectivity index (χ1v) is 9.74. The van der Waals surface area contributed by atoms with Crippen molar-refractivity contribution in [3.8, 4) is 5.75 Å². The van der Waals surface area contributed by atoms with Gasteiger partial charge in [-0.05, 0) is 50.2 Å². The van der Waals surface area contributed by atoms with Crippen LogP contribution >= 0.6 is 0 Å². The van der Waals surface area contributed by atoms with Crippen molar-refractivity contribution >= 4 is 21.0 Å². The van der Waals surface area contributed by atoms with Crippen molar-refractivity contribution in [1.29, 1.82) is 0 Å². The van der Waals surface area contributed by atoms with E-state index in [1.807, 2.05) is 25.1 Å². The van der Waals surface area contributed by atoms with E-state index in [2.05, 4.69) is 4.72 Å². The first kappa shape index (κ1) is 18.4. The lowest BCUT2D eigenvalue weighted by Gasteiger charge is -2.21. The maximum atomic E-state index is 12.5. The number of fused-ring (bicyclic) bond motifs is 1. The highest BCUT2D eigenvalue weighted by molar-refractivity contribution is 7.89. The molecule has 3 aromatic rings. The summed E-state index contributed by atoms with van der Waals surface area (Å²) < 4.78 is 38.3. The van der Waals surface area contributed by atoms with E-state index >= 15 is 0 Å². The lowest BCUT2D eigenvalue weighted by atomic mass is 10.0. The molecule has 0 aliphatic rings. The fraction of sp³-hybridized carbons (Fsp3) is 0.263. The van der Waals surface area contributed by atoms with Gasteiger partial charge in [-0.2, -0.15) is 0 Å². The van der Waals surface area contributed by atoms with E-state index in [0.717, 1.165) is 5.39 Å². The maximum absolute atomic E-state index is 12.5. The predicted octanol–water partition coefficient (Wildman–Crippen LogP) is 3.02. The van der Waals surface area contributed by atoms with Crippen molar-refractivity contribution in [2.75, 3.05) is 13.2 Å². The summed E-state index contributed by atoms with van der Waals surface area (Å²) in [4.78, 5) is 0.0985. The zero-order chi connectivity index (χ0) is 18.8. The van der Waals surface area contributed by atoms with Crippen LogP contribution in [0.1, 0.15) is 19.6 Å². The number of benzene rings is 2. The number of para-hydroxylation sites is 1. The Balaban J connectivity index is 1.75. The minimum Gasteiger partial charge on any atom is -0.494 e. The molecular formula is C19H21NO5S. The summed E-state index contributed by atoms with van der Waals surface area (Å²) in [5.41, 5.74) is -0.852. The van der Waals surface area contributed by atoms with Gasteiger partial charge >= 0.3 is 0 Å². The lowest BCUT2D eigenvalue weighted by molar-refractivity contribution is 0.0412. The van der Waals surface area contributed by atoms with E-state index in [9.17, 15) is 13.5 Å². The molecule has 0 aliphatic carbocycles. The van der Waals surface area contributed by atoms with Gasteiger partial charge in [0.1, 0.15) is 22.7 Å². The number of rotatable bonds is 7. The van der Waals surface area contributed by atoms with E-state index in [0.29, 0.717) is 23.7 Å². The highest BCUT2D eigenvalue weighted by Gasteiger charge is 2.29. The third-order valence-electron chi connectivity index (χ3n) is 4.01. The van der Waals surface area contributed by atoms with Crippen LogP contribution in [0.4, 0.5) is 0 Å². The summed E-state index contributed by atoms with van der Waals surface area (Å²) in [6.07, 6.45) is 0. The third kappa shape index (κ3) is 3.90. The summed E-state index contributed by atoms with van der Waals surface area (Å²) in [6.45, 7) is 3.64. The number of hydrogen-bond donors (Lipinski definition) is 2. The van der Waals surface area contributed by atoms with E-state index in [1.54, 1.807) is 24.3 Å². The van der Waals surface area contributed by atoms with Gasteiger partial charge in [-0.15, -0.1) is 0 Å². The molecule has 0 radical (unpaired) electrons. The van der Waals surface area contributed by atoms with Gasteiger partial charge in [0.25, 0.3) is 0 Å². The molecular weight excluding hydrogens is 354 g/mol. The van der Waals surface area contributed by atoms with Crippen LogP contribution in [0.3, 0.4) is 0 Å². The van der Waals surface area contributed by atoms with Gasteiger partial charge in [0.2, 0.25) is 10.0 Å². The molecule has 2 aromatic carbocycles. The van der Waals surface area contributed by atoms with Crippen LogP contribution in [0.25, 0.3) is 11.0 Å². The Morgan fingerprint density at radius 2 is 1.85 bits per heavy atom. The topological polar surface area (TPSA) is 88.8 Å². The first-order chi connectivity index (χ1) is 12.3. The van der Waals surface area contributed by atoms with Crippen LogP contribution in [-0.4, -0.2) is 26.7 Å². The van der Waals surface area contributed by atoms with E-state index < -0.39 is 15.6 Å². The third-order valence-corrected chi connectivity index (χ3v) is 5.42. The fourth-order valence-corrected chi connectivity index (χ4v) is 3.67. The highest BCUT2D eigenvalue weighted by Crippen LogP contribution is 2.28. The molecule has 26 heavy (non-hydrogen) atoms. The number of sulfonamides is 1. The number of nitrogens with one attached hydrogen (secondary N) is 1. The van der Waals surface area contributed by atoms with Gasteiger partial charge in [0.15, 0.2) is 0 Å². The number of furan rings is 1. The lowest BCUT2D eigenvalue weighted by Crippen LogP contribution is -2.38. The smallest absolute Gasteiger partial charge is 0.240 e. The first-order valence-electron chi connectivity index (χ1n) is 8.26. The second-order valence-corrected chi connectivity index (χ2v) is 7.92. The summed E-state index contributed by atoms with van der Waals surface area (Å²) in [6, 6.07) is 15.2. The molecule has 3 rings (SSSR count). The summed E-state index contributed by atoms with van der Waals surface area (Å²) in [5.74, 6) is 0.897. The van der Waals surface area contributed by atoms with Gasteiger partial charge in [0.05, 0.1) is 11.5 Å². The number of ether oxygens (including phenoxy) is 1. The Bertz CT molecular complexity index is 957. The molecule has 2 N–H and O–H groups in total. The fourth-order valence-electron chi connectivity index (χ4n) is 2.53. The van der Waals surface area contributed by atoms with Gasteiger partial charge in [-0.1, -0.05) is 18.2 Å². The molecule has 0 bridgehead atoms. The SMILES string of the molecule is CCOc1ccc(S(=O)(=O)NCC(C)(O)c2cc3ccccc3o2)cc1. The predicted molar refractivity (Wildman–Crippen MR) is 98.6 cm³/mol. The van der Waals surface area contributed by atoms with E-state index in [4.69, 9.17) is 9.15 Å². The Morgan fingerprint density at radius 1 is 1.15 bits per heavy atom. The molecule has 0 spiro atoms. The molecule has 0 saturated carbocycles. The Labute approximate surface area is 152 Å². The molecule has 0 saturated heterocycles. The molecule has 1 unspecified atom stereocenters. The maximum Gasteiger partial charge on any atom is 0.240 e. The molecule has 7 heteroatoms. The molecule has 0 amide bonds. The monoisotopic (exact) mass is 375 g/mol. The number of hydrogen-bond acceptors (Lipinski definition) is 5. The molecule has 1 heterocycles. The standard InChI is InChI=1S/C19H21NO5S/c1-3-24-15-8-10-16(11-9-15)26(22,23)20-13-19(2,21)18-12-14-6-4-5-7-17(14)25-18/h4-12,20-21H,3,13H2,1-2H3. The Morgan fingerprint density at radius 3 is 2.50 bits per heavy atom. The molecule has 1 atom stereocenters. The highest BCUT2D eigenvalue weighted by atomic mass is 32.2. The van der Waals surface area contributed by atoms with Crippen molar-refractivity contribution in [2.45, 2.75) is 24.3 Å². The Kier molecular flexibility index (Phi) is 5.04. The van der Waals surface area contributed by atoms with Crippen LogP contribution in [0, 0.1) is 0 Å². The average Bonchev–Trinajstić information content (AvgIpc) is 3.06. The van der Waals surface area contributed by atoms with Crippen molar-refractivity contribution < 1.29 is 22.7 Å². The van der Waals surface area contributed by atoms with Crippen LogP contribution in [0.5, 0.6) is 5.75 Å². The normalized spacial score (nSPS) is 14.3. The minimum absolute atomic E-state index is 0.0985. The molecule has 0 aliphatic heterocycles. The van der Waals surface area contributed by atoms with Crippen LogP contribution in [0.2, 0.25) is 0 Å². The van der Waals surface area contributed by atoms with Crippen LogP contribution < -0.4 is 9.46 Å². The molecule has 1 aromatic heterocycles. The van der Waals surface area contributed by atoms with Crippen molar-refractivity contribution in [3.05, 3.63) is 60.4 Å². The quantitative estimate of drug-likeness (QED) is 0.663. The number of aliphatic hydroxyl groups is 1. The van der Waals surface area contributed by atoms with Crippen LogP contribution in [0.15, 0.2) is 63.9 Å². The minimum atomic E-state index is -3.77. The second kappa shape index (κ2) is 7.11. The zero-order valence-electron chi connectivity index (χ0n) is 14.6. The molecule has 0 fully saturated rings. The molecule has 6 nitrogen and oxygen atoms in total. The van der Waals surface area contributed by atoms with Crippen LogP contribution in [-0.2, 0) is 15.6 Å². The summed E-state index contributed by atoms with van der Waals surface area (Å²) in [7, 11) is -3.77. The van der Waals surface area contributed by atoms with Gasteiger partial charge in [0, 0.05) is 11.9 Å². The second-order valence-electron chi connectivity index (χ2n) is 6.15. The van der Waals surface area contributed by atoms with Crippen molar-refractivity contribution in [1.82, 2.24) is 4.72 Å². The van der Waals surface area contributed by atoms with E-state index in [-0.39, 0.29) is 11.4 Å². The van der Waals surface area contributed by atoms with Crippen molar-refractivity contribution in [2.24, 2.45) is 0 Å². The van der Waals surface area contributed by atoms with Crippen molar-refractivity contribution in [3.63, 3.8) is 0 Å². The van der Waals surface area contributed by atoms with Gasteiger partial charge in [-0.3, -0.25) is 0 Å². The molecule has 138 valence electrons. The largest absolute Gasteiger partial charge is 0.494 e. The zero-order valence-corrected chi connectivity index (χ0v) is 15.4. The Hall–Kier alpha value is -2.35. The van der Waals surface area contributed by atoms with E-state index in [1.165, 1.54) is 19.1 Å². The summed E-state index contributed by atoms with van der Waals surface area (Å²) in [5, 5.41) is 11.5. The summed E-state index contributed by atoms with van der Waals surface area (Å²) >= 11 is 0. The van der Waals surface area contributed by atoms with Gasteiger partial charge in [-0.25, -0.2) is 13.1 Å². The average molecular weight is 375 g/mol. The van der Waals surface area contributed by atoms with Gasteiger partial charge < -0.3 is 14.3 Å².